The van der Waals surface area contributed by atoms with Crippen molar-refractivity contribution in [1.82, 2.24) is 9.80 Å². The molecule has 1 aromatic heterocycles. The van der Waals surface area contributed by atoms with Crippen LogP contribution >= 0.6 is 0 Å². The van der Waals surface area contributed by atoms with Gasteiger partial charge in [-0.25, -0.2) is 0 Å². The summed E-state index contributed by atoms with van der Waals surface area (Å²) in [6, 6.07) is 11.8. The molecule has 0 N–H and O–H groups in total. The molecular formula is C24H31N3O5. The van der Waals surface area contributed by atoms with Crippen LogP contribution in [0, 0.1) is 0 Å². The Labute approximate surface area is 188 Å². The van der Waals surface area contributed by atoms with Crippen LogP contribution in [0.1, 0.15) is 19.6 Å². The average Bonchev–Trinajstić information content (AvgIpc) is 2.79. The van der Waals surface area contributed by atoms with Crippen molar-refractivity contribution < 1.29 is 18.7 Å². The van der Waals surface area contributed by atoms with Crippen molar-refractivity contribution in [2.24, 2.45) is 0 Å². The van der Waals surface area contributed by atoms with Gasteiger partial charge in [0.15, 0.2) is 6.61 Å². The molecule has 0 aliphatic carbocycles. The highest BCUT2D eigenvalue weighted by Gasteiger charge is 2.26. The van der Waals surface area contributed by atoms with Crippen LogP contribution in [0.25, 0.3) is 0 Å². The zero-order valence-electron chi connectivity index (χ0n) is 18.7. The number of para-hydroxylation sites is 1. The molecule has 2 saturated heterocycles. The Hall–Kier alpha value is -2.84. The molecule has 2 aliphatic heterocycles. The van der Waals surface area contributed by atoms with E-state index in [1.807, 2.05) is 19.9 Å². The van der Waals surface area contributed by atoms with Gasteiger partial charge in [-0.05, 0) is 26.0 Å². The summed E-state index contributed by atoms with van der Waals surface area (Å²) >= 11 is 0. The highest BCUT2D eigenvalue weighted by molar-refractivity contribution is 5.78. The van der Waals surface area contributed by atoms with Gasteiger partial charge in [0.05, 0.1) is 18.8 Å². The number of benzene rings is 1. The molecule has 1 amide bonds. The molecule has 0 unspecified atom stereocenters. The van der Waals surface area contributed by atoms with Crippen molar-refractivity contribution in [2.45, 2.75) is 32.6 Å². The molecule has 8 nitrogen and oxygen atoms in total. The number of carbonyl (C=O) groups is 1. The summed E-state index contributed by atoms with van der Waals surface area (Å²) in [5.41, 5.74) is 0.960. The number of nitrogens with zero attached hydrogens (tertiary/aromatic N) is 3. The van der Waals surface area contributed by atoms with Gasteiger partial charge in [-0.15, -0.1) is 0 Å². The van der Waals surface area contributed by atoms with Crippen LogP contribution < -0.4 is 15.1 Å². The highest BCUT2D eigenvalue weighted by Crippen LogP contribution is 2.17. The van der Waals surface area contributed by atoms with Gasteiger partial charge in [-0.1, -0.05) is 18.2 Å². The van der Waals surface area contributed by atoms with Crippen molar-refractivity contribution in [3.05, 3.63) is 58.6 Å². The maximum Gasteiger partial charge on any atom is 0.260 e. The predicted molar refractivity (Wildman–Crippen MR) is 121 cm³/mol. The SMILES string of the molecule is C[C@@H]1CN(C(=O)COc2coc(CN3CCN(c4ccccc4)CC3)cc2=O)C[C@@H](C)O1. The maximum atomic E-state index is 12.5. The molecule has 2 fully saturated rings. The Morgan fingerprint density at radius 1 is 1.06 bits per heavy atom. The van der Waals surface area contributed by atoms with Gasteiger partial charge in [0, 0.05) is 51.0 Å². The molecule has 4 rings (SSSR count). The van der Waals surface area contributed by atoms with E-state index in [1.54, 1.807) is 4.90 Å². The van der Waals surface area contributed by atoms with Gasteiger partial charge < -0.3 is 23.7 Å². The molecule has 0 saturated carbocycles. The van der Waals surface area contributed by atoms with Crippen LogP contribution in [0.4, 0.5) is 5.69 Å². The monoisotopic (exact) mass is 441 g/mol. The second kappa shape index (κ2) is 10.2. The quantitative estimate of drug-likeness (QED) is 0.679. The molecule has 2 atom stereocenters. The van der Waals surface area contributed by atoms with E-state index in [9.17, 15) is 9.59 Å². The fourth-order valence-corrected chi connectivity index (χ4v) is 4.26. The number of rotatable bonds is 6. The van der Waals surface area contributed by atoms with Gasteiger partial charge in [0.2, 0.25) is 11.2 Å². The minimum absolute atomic E-state index is 0.0124. The van der Waals surface area contributed by atoms with Crippen LogP contribution in [-0.2, 0) is 16.1 Å². The van der Waals surface area contributed by atoms with E-state index >= 15 is 0 Å². The summed E-state index contributed by atoms with van der Waals surface area (Å²) in [7, 11) is 0. The van der Waals surface area contributed by atoms with Crippen molar-refractivity contribution in [1.29, 1.82) is 0 Å². The molecule has 172 valence electrons. The summed E-state index contributed by atoms with van der Waals surface area (Å²) in [6.45, 7) is 8.94. The first-order valence-electron chi connectivity index (χ1n) is 11.2. The lowest BCUT2D eigenvalue weighted by Gasteiger charge is -2.35. The lowest BCUT2D eigenvalue weighted by molar-refractivity contribution is -0.145. The lowest BCUT2D eigenvalue weighted by Crippen LogP contribution is -2.49. The first-order valence-corrected chi connectivity index (χ1v) is 11.2. The van der Waals surface area contributed by atoms with Gasteiger partial charge in [0.1, 0.15) is 12.0 Å². The third kappa shape index (κ3) is 5.69. The van der Waals surface area contributed by atoms with Crippen LogP contribution in [0.5, 0.6) is 5.75 Å². The summed E-state index contributed by atoms with van der Waals surface area (Å²) in [5.74, 6) is 0.495. The van der Waals surface area contributed by atoms with Crippen molar-refractivity contribution >= 4 is 11.6 Å². The van der Waals surface area contributed by atoms with Crippen LogP contribution in [0.3, 0.4) is 0 Å². The van der Waals surface area contributed by atoms with Gasteiger partial charge in [-0.2, -0.15) is 0 Å². The number of amides is 1. The van der Waals surface area contributed by atoms with E-state index in [0.717, 1.165) is 26.2 Å². The standard InChI is InChI=1S/C24H31N3O5/c1-18-13-27(14-19(2)32-18)24(29)17-31-23-16-30-21(12-22(23)28)15-25-8-10-26(11-9-25)20-6-4-3-5-7-20/h3-7,12,16,18-19H,8-11,13-15,17H2,1-2H3/t18-,19-/m1/s1. The second-order valence-electron chi connectivity index (χ2n) is 8.52. The molecule has 32 heavy (non-hydrogen) atoms. The second-order valence-corrected chi connectivity index (χ2v) is 8.52. The number of ether oxygens (including phenoxy) is 2. The van der Waals surface area contributed by atoms with Gasteiger partial charge in [0.25, 0.3) is 5.91 Å². The molecule has 3 heterocycles. The van der Waals surface area contributed by atoms with Gasteiger partial charge >= 0.3 is 0 Å². The predicted octanol–water partition coefficient (Wildman–Crippen LogP) is 1.98. The maximum absolute atomic E-state index is 12.5. The lowest BCUT2D eigenvalue weighted by atomic mass is 10.2. The number of hydrogen-bond donors (Lipinski definition) is 0. The van der Waals surface area contributed by atoms with Crippen LogP contribution in [-0.4, -0.2) is 73.8 Å². The molecule has 0 radical (unpaired) electrons. The molecular weight excluding hydrogens is 410 g/mol. The first kappa shape index (κ1) is 22.4. The molecule has 2 aliphatic rings. The average molecular weight is 442 g/mol. The number of piperazine rings is 1. The Morgan fingerprint density at radius 2 is 1.75 bits per heavy atom. The molecule has 0 spiro atoms. The Balaban J connectivity index is 1.26. The normalized spacial score (nSPS) is 22.1. The van der Waals surface area contributed by atoms with Crippen LogP contribution in [0.2, 0.25) is 0 Å². The van der Waals surface area contributed by atoms with Crippen molar-refractivity contribution in [2.75, 3.05) is 50.8 Å². The summed E-state index contributed by atoms with van der Waals surface area (Å²) in [5, 5.41) is 0. The van der Waals surface area contributed by atoms with Crippen molar-refractivity contribution in [3.8, 4) is 5.75 Å². The summed E-state index contributed by atoms with van der Waals surface area (Å²) in [6.07, 6.45) is 1.29. The van der Waals surface area contributed by atoms with E-state index in [1.165, 1.54) is 18.0 Å². The molecule has 0 bridgehead atoms. The minimum atomic E-state index is -0.273. The zero-order valence-corrected chi connectivity index (χ0v) is 18.7. The Morgan fingerprint density at radius 3 is 2.41 bits per heavy atom. The number of anilines is 1. The third-order valence-electron chi connectivity index (χ3n) is 5.85. The van der Waals surface area contributed by atoms with E-state index in [4.69, 9.17) is 13.9 Å². The van der Waals surface area contributed by atoms with Gasteiger partial charge in [-0.3, -0.25) is 14.5 Å². The minimum Gasteiger partial charge on any atom is -0.477 e. The molecule has 8 heteroatoms. The smallest absolute Gasteiger partial charge is 0.260 e. The zero-order chi connectivity index (χ0) is 22.5. The fourth-order valence-electron chi connectivity index (χ4n) is 4.26. The molecule has 1 aromatic carbocycles. The fraction of sp³-hybridized carbons (Fsp3) is 0.500. The highest BCUT2D eigenvalue weighted by atomic mass is 16.5. The van der Waals surface area contributed by atoms with E-state index < -0.39 is 0 Å². The van der Waals surface area contributed by atoms with E-state index in [-0.39, 0.29) is 35.9 Å². The van der Waals surface area contributed by atoms with Crippen LogP contribution in [0.15, 0.2) is 51.9 Å². The van der Waals surface area contributed by atoms with Crippen molar-refractivity contribution in [3.63, 3.8) is 0 Å². The summed E-state index contributed by atoms with van der Waals surface area (Å²) in [4.78, 5) is 31.2. The largest absolute Gasteiger partial charge is 0.477 e. The van der Waals surface area contributed by atoms with E-state index in [2.05, 4.69) is 34.1 Å². The Kier molecular flexibility index (Phi) is 7.12. The van der Waals surface area contributed by atoms with E-state index in [0.29, 0.717) is 25.4 Å². The number of hydrogen-bond acceptors (Lipinski definition) is 7. The number of carbonyl (C=O) groups excluding carboxylic acids is 1. The number of morpholine rings is 1. The Bertz CT molecular complexity index is 946. The topological polar surface area (TPSA) is 75.5 Å². The molecule has 2 aromatic rings. The summed E-state index contributed by atoms with van der Waals surface area (Å²) < 4.78 is 16.8. The third-order valence-corrected chi connectivity index (χ3v) is 5.85. The first-order chi connectivity index (χ1) is 15.5.